The van der Waals surface area contributed by atoms with Crippen LogP contribution in [0.25, 0.3) is 0 Å². The van der Waals surface area contributed by atoms with Gasteiger partial charge in [-0.2, -0.15) is 5.10 Å². The monoisotopic (exact) mass is 243 g/mol. The minimum atomic E-state index is 0.688. The smallest absolute Gasteiger partial charge is 0.0850 e. The van der Waals surface area contributed by atoms with Gasteiger partial charge in [-0.3, -0.25) is 4.68 Å². The number of hydrogen-bond donors (Lipinski definition) is 1. The molecule has 0 aliphatic rings. The topological polar surface area (TPSA) is 29.9 Å². The zero-order valence-electron chi connectivity index (χ0n) is 10.7. The Bertz CT molecular complexity index is 331. The van der Waals surface area contributed by atoms with E-state index in [9.17, 15) is 0 Å². The molecular formula is C12H22ClN3. The molecule has 1 rings (SSSR count). The molecule has 0 saturated carbocycles. The second kappa shape index (κ2) is 6.26. The summed E-state index contributed by atoms with van der Waals surface area (Å²) in [6, 6.07) is 0. The van der Waals surface area contributed by atoms with Gasteiger partial charge in [-0.25, -0.2) is 0 Å². The van der Waals surface area contributed by atoms with Gasteiger partial charge in [-0.05, 0) is 18.9 Å². The lowest BCUT2D eigenvalue weighted by molar-refractivity contribution is 0.547. The van der Waals surface area contributed by atoms with E-state index in [0.29, 0.717) is 5.92 Å². The Morgan fingerprint density at radius 1 is 1.44 bits per heavy atom. The fourth-order valence-electron chi connectivity index (χ4n) is 1.69. The molecule has 0 aromatic carbocycles. The Morgan fingerprint density at radius 2 is 2.12 bits per heavy atom. The van der Waals surface area contributed by atoms with Gasteiger partial charge >= 0.3 is 0 Å². The van der Waals surface area contributed by atoms with Crippen molar-refractivity contribution in [2.45, 2.75) is 33.6 Å². The highest BCUT2D eigenvalue weighted by molar-refractivity contribution is 6.31. The first-order valence-corrected chi connectivity index (χ1v) is 6.35. The highest BCUT2D eigenvalue weighted by Crippen LogP contribution is 2.20. The lowest BCUT2D eigenvalue weighted by Crippen LogP contribution is -2.22. The van der Waals surface area contributed by atoms with Crippen molar-refractivity contribution < 1.29 is 0 Å². The molecule has 4 heteroatoms. The van der Waals surface area contributed by atoms with E-state index in [0.717, 1.165) is 42.3 Å². The second-order valence-electron chi connectivity index (χ2n) is 4.53. The van der Waals surface area contributed by atoms with E-state index in [2.05, 4.69) is 31.2 Å². The number of rotatable bonds is 6. The number of nitrogens with one attached hydrogen (secondary N) is 1. The molecule has 0 fully saturated rings. The minimum absolute atomic E-state index is 0.688. The molecular weight excluding hydrogens is 222 g/mol. The molecule has 0 aliphatic carbocycles. The van der Waals surface area contributed by atoms with Gasteiger partial charge in [0.2, 0.25) is 0 Å². The fourth-order valence-corrected chi connectivity index (χ4v) is 2.08. The maximum absolute atomic E-state index is 6.26. The standard InChI is InChI=1S/C12H22ClN3/c1-5-10-12(13)11(16(4)15-10)6-7-14-8-9(2)3/h9,14H,5-8H2,1-4H3. The average molecular weight is 244 g/mol. The third-order valence-electron chi connectivity index (χ3n) is 2.59. The highest BCUT2D eigenvalue weighted by atomic mass is 35.5. The zero-order valence-corrected chi connectivity index (χ0v) is 11.4. The van der Waals surface area contributed by atoms with E-state index >= 15 is 0 Å². The zero-order chi connectivity index (χ0) is 12.1. The van der Waals surface area contributed by atoms with Crippen LogP contribution in [-0.4, -0.2) is 22.9 Å². The van der Waals surface area contributed by atoms with Gasteiger partial charge in [-0.1, -0.05) is 32.4 Å². The summed E-state index contributed by atoms with van der Waals surface area (Å²) in [4.78, 5) is 0. The molecule has 0 aliphatic heterocycles. The van der Waals surface area contributed by atoms with Crippen molar-refractivity contribution in [3.8, 4) is 0 Å². The molecule has 92 valence electrons. The fraction of sp³-hybridized carbons (Fsp3) is 0.750. The van der Waals surface area contributed by atoms with Gasteiger partial charge in [0.05, 0.1) is 16.4 Å². The van der Waals surface area contributed by atoms with Crippen molar-refractivity contribution in [1.82, 2.24) is 15.1 Å². The van der Waals surface area contributed by atoms with Crippen LogP contribution in [0.3, 0.4) is 0 Å². The molecule has 3 nitrogen and oxygen atoms in total. The number of aryl methyl sites for hydroxylation is 2. The summed E-state index contributed by atoms with van der Waals surface area (Å²) in [7, 11) is 1.96. The van der Waals surface area contributed by atoms with Crippen molar-refractivity contribution in [1.29, 1.82) is 0 Å². The molecule has 0 spiro atoms. The molecule has 1 aromatic rings. The van der Waals surface area contributed by atoms with Gasteiger partial charge in [0.15, 0.2) is 0 Å². The van der Waals surface area contributed by atoms with Crippen LogP contribution in [0.15, 0.2) is 0 Å². The Labute approximate surface area is 103 Å². The van der Waals surface area contributed by atoms with Crippen LogP contribution in [0, 0.1) is 5.92 Å². The van der Waals surface area contributed by atoms with E-state index in [1.807, 2.05) is 11.7 Å². The predicted molar refractivity (Wildman–Crippen MR) is 69.0 cm³/mol. The Kier molecular flexibility index (Phi) is 5.29. The van der Waals surface area contributed by atoms with Crippen molar-refractivity contribution in [3.05, 3.63) is 16.4 Å². The van der Waals surface area contributed by atoms with E-state index < -0.39 is 0 Å². The van der Waals surface area contributed by atoms with Crippen molar-refractivity contribution in [2.24, 2.45) is 13.0 Å². The van der Waals surface area contributed by atoms with Crippen LogP contribution in [0.5, 0.6) is 0 Å². The van der Waals surface area contributed by atoms with Gasteiger partial charge in [0.25, 0.3) is 0 Å². The van der Waals surface area contributed by atoms with Crippen molar-refractivity contribution in [3.63, 3.8) is 0 Å². The normalized spacial score (nSPS) is 11.4. The molecule has 0 unspecified atom stereocenters. The third-order valence-corrected chi connectivity index (χ3v) is 3.03. The lowest BCUT2D eigenvalue weighted by atomic mass is 10.2. The maximum atomic E-state index is 6.26. The predicted octanol–water partition coefficient (Wildman–Crippen LogP) is 2.42. The molecule has 1 N–H and O–H groups in total. The quantitative estimate of drug-likeness (QED) is 0.778. The third kappa shape index (κ3) is 3.49. The summed E-state index contributed by atoms with van der Waals surface area (Å²) in [6.45, 7) is 8.50. The lowest BCUT2D eigenvalue weighted by Gasteiger charge is -2.07. The van der Waals surface area contributed by atoms with Crippen LogP contribution in [0.1, 0.15) is 32.2 Å². The van der Waals surface area contributed by atoms with Gasteiger partial charge in [-0.15, -0.1) is 0 Å². The summed E-state index contributed by atoms with van der Waals surface area (Å²) in [5.74, 6) is 0.688. The van der Waals surface area contributed by atoms with E-state index in [1.54, 1.807) is 0 Å². The van der Waals surface area contributed by atoms with Crippen molar-refractivity contribution in [2.75, 3.05) is 13.1 Å². The maximum Gasteiger partial charge on any atom is 0.0850 e. The van der Waals surface area contributed by atoms with Gasteiger partial charge in [0, 0.05) is 20.0 Å². The van der Waals surface area contributed by atoms with E-state index in [1.165, 1.54) is 0 Å². The number of hydrogen-bond acceptors (Lipinski definition) is 2. The largest absolute Gasteiger partial charge is 0.316 e. The molecule has 1 heterocycles. The van der Waals surface area contributed by atoms with Crippen LogP contribution in [-0.2, 0) is 19.9 Å². The second-order valence-corrected chi connectivity index (χ2v) is 4.91. The Balaban J connectivity index is 2.50. The summed E-state index contributed by atoms with van der Waals surface area (Å²) in [5.41, 5.74) is 2.14. The first-order chi connectivity index (χ1) is 7.56. The van der Waals surface area contributed by atoms with Crippen molar-refractivity contribution >= 4 is 11.6 Å². The summed E-state index contributed by atoms with van der Waals surface area (Å²) >= 11 is 6.26. The molecule has 0 amide bonds. The molecule has 0 bridgehead atoms. The SMILES string of the molecule is CCc1nn(C)c(CCNCC(C)C)c1Cl. The van der Waals surface area contributed by atoms with Crippen LogP contribution in [0.4, 0.5) is 0 Å². The minimum Gasteiger partial charge on any atom is -0.316 e. The number of nitrogens with zero attached hydrogens (tertiary/aromatic N) is 2. The van der Waals surface area contributed by atoms with Crippen LogP contribution >= 0.6 is 11.6 Å². The summed E-state index contributed by atoms with van der Waals surface area (Å²) in [5, 5.41) is 8.66. The average Bonchev–Trinajstić information content (AvgIpc) is 2.50. The number of halogens is 1. The molecule has 16 heavy (non-hydrogen) atoms. The first-order valence-electron chi connectivity index (χ1n) is 5.97. The Hall–Kier alpha value is -0.540. The van der Waals surface area contributed by atoms with Gasteiger partial charge < -0.3 is 5.32 Å². The molecule has 0 radical (unpaired) electrons. The number of aromatic nitrogens is 2. The highest BCUT2D eigenvalue weighted by Gasteiger charge is 2.11. The molecule has 0 atom stereocenters. The summed E-state index contributed by atoms with van der Waals surface area (Å²) < 4.78 is 1.90. The van der Waals surface area contributed by atoms with E-state index in [-0.39, 0.29) is 0 Å². The van der Waals surface area contributed by atoms with Gasteiger partial charge in [0.1, 0.15) is 0 Å². The molecule has 0 saturated heterocycles. The first kappa shape index (κ1) is 13.5. The Morgan fingerprint density at radius 3 is 2.62 bits per heavy atom. The van der Waals surface area contributed by atoms with E-state index in [4.69, 9.17) is 11.6 Å². The van der Waals surface area contributed by atoms with Crippen LogP contribution < -0.4 is 5.32 Å². The molecule has 1 aromatic heterocycles. The van der Waals surface area contributed by atoms with Crippen LogP contribution in [0.2, 0.25) is 5.02 Å². The summed E-state index contributed by atoms with van der Waals surface area (Å²) in [6.07, 6.45) is 1.83.